The second-order valence-corrected chi connectivity index (χ2v) is 5.99. The molecule has 0 amide bonds. The Hall–Kier alpha value is -1.83. The van der Waals surface area contributed by atoms with E-state index >= 15 is 0 Å². The number of benzene rings is 1. The average Bonchev–Trinajstić information content (AvgIpc) is 2.43. The molecule has 0 heterocycles. The quantitative estimate of drug-likeness (QED) is 0.835. The number of rotatable bonds is 5. The molecule has 0 radical (unpaired) electrons. The van der Waals surface area contributed by atoms with Crippen molar-refractivity contribution in [3.63, 3.8) is 0 Å². The third-order valence-corrected chi connectivity index (χ3v) is 2.99. The Morgan fingerprint density at radius 2 is 1.70 bits per heavy atom. The van der Waals surface area contributed by atoms with Crippen LogP contribution < -0.4 is 9.47 Å². The molecule has 8 heteroatoms. The maximum atomic E-state index is 13.5. The van der Waals surface area contributed by atoms with E-state index in [1.54, 1.807) is 20.8 Å². The van der Waals surface area contributed by atoms with Gasteiger partial charge in [0.2, 0.25) is 5.60 Å². The Kier molecular flexibility index (Phi) is 5.63. The minimum Gasteiger partial charge on any atom is -0.497 e. The van der Waals surface area contributed by atoms with Crippen LogP contribution in [0.25, 0.3) is 0 Å². The van der Waals surface area contributed by atoms with E-state index in [0.717, 1.165) is 6.07 Å². The molecule has 1 N–H and O–H groups in total. The van der Waals surface area contributed by atoms with Gasteiger partial charge in [0.1, 0.15) is 18.0 Å². The lowest BCUT2D eigenvalue weighted by Crippen LogP contribution is -2.45. The summed E-state index contributed by atoms with van der Waals surface area (Å²) in [7, 11) is 2.59. The summed E-state index contributed by atoms with van der Waals surface area (Å²) >= 11 is 0. The van der Waals surface area contributed by atoms with Crippen LogP contribution in [0.5, 0.6) is 11.5 Å². The molecule has 5 nitrogen and oxygen atoms in total. The molecule has 0 spiro atoms. The molecule has 0 saturated heterocycles. The van der Waals surface area contributed by atoms with Crippen LogP contribution in [0.2, 0.25) is 0 Å². The van der Waals surface area contributed by atoms with E-state index in [-0.39, 0.29) is 5.75 Å². The molecular formula is C15H21F3N2O3. The molecule has 1 rings (SSSR count). The van der Waals surface area contributed by atoms with E-state index in [2.05, 4.69) is 10.2 Å². The van der Waals surface area contributed by atoms with Gasteiger partial charge in [-0.25, -0.2) is 0 Å². The van der Waals surface area contributed by atoms with Crippen LogP contribution in [-0.2, 0) is 5.60 Å². The highest BCUT2D eigenvalue weighted by molar-refractivity contribution is 5.45. The first-order chi connectivity index (χ1) is 10.4. The zero-order chi connectivity index (χ0) is 17.9. The third kappa shape index (κ3) is 4.57. The van der Waals surface area contributed by atoms with Gasteiger partial charge in [0.25, 0.3) is 0 Å². The molecule has 0 aliphatic carbocycles. The molecule has 23 heavy (non-hydrogen) atoms. The number of halogens is 3. The lowest BCUT2D eigenvalue weighted by molar-refractivity contribution is -0.262. The number of nitrogens with zero attached hydrogens (tertiary/aromatic N) is 2. The zero-order valence-corrected chi connectivity index (χ0v) is 13.7. The molecule has 0 saturated carbocycles. The van der Waals surface area contributed by atoms with Gasteiger partial charge in [-0.1, -0.05) is 0 Å². The van der Waals surface area contributed by atoms with Crippen LogP contribution in [0, 0.1) is 0 Å². The smallest absolute Gasteiger partial charge is 0.423 e. The van der Waals surface area contributed by atoms with Gasteiger partial charge >= 0.3 is 6.18 Å². The standard InChI is InChI=1S/C15H21F3N2O3/c1-13(2,3)20-19-9-14(21,15(16,17)18)11-7-6-10(22-4)8-12(11)23-5/h6-8,21H,9H2,1-5H3. The van der Waals surface area contributed by atoms with Gasteiger partial charge in [-0.3, -0.25) is 0 Å². The molecule has 0 aliphatic heterocycles. The summed E-state index contributed by atoms with van der Waals surface area (Å²) in [5.74, 6) is 0.168. The SMILES string of the molecule is COc1ccc(C(O)(CN=NC(C)(C)C)C(F)(F)F)c(OC)c1. The van der Waals surface area contributed by atoms with Crippen LogP contribution in [0.15, 0.2) is 28.4 Å². The van der Waals surface area contributed by atoms with Crippen molar-refractivity contribution in [1.29, 1.82) is 0 Å². The van der Waals surface area contributed by atoms with E-state index in [1.165, 1.54) is 26.4 Å². The summed E-state index contributed by atoms with van der Waals surface area (Å²) in [6.07, 6.45) is -4.95. The average molecular weight is 334 g/mol. The maximum absolute atomic E-state index is 13.5. The fraction of sp³-hybridized carbons (Fsp3) is 0.600. The second kappa shape index (κ2) is 6.74. The van der Waals surface area contributed by atoms with Crippen LogP contribution >= 0.6 is 0 Å². The predicted molar refractivity (Wildman–Crippen MR) is 79.0 cm³/mol. The summed E-state index contributed by atoms with van der Waals surface area (Å²) in [5.41, 5.74) is -4.29. The molecule has 1 atom stereocenters. The maximum Gasteiger partial charge on any atom is 0.423 e. The minimum absolute atomic E-state index is 0.143. The highest BCUT2D eigenvalue weighted by Crippen LogP contribution is 2.44. The molecule has 130 valence electrons. The van der Waals surface area contributed by atoms with E-state index < -0.39 is 29.4 Å². The largest absolute Gasteiger partial charge is 0.497 e. The summed E-state index contributed by atoms with van der Waals surface area (Å²) in [4.78, 5) is 0. The van der Waals surface area contributed by atoms with Crippen molar-refractivity contribution in [3.8, 4) is 11.5 Å². The Bertz CT molecular complexity index is 568. The summed E-state index contributed by atoms with van der Waals surface area (Å²) in [5, 5.41) is 17.6. The number of azo groups is 1. The molecule has 1 aromatic carbocycles. The van der Waals surface area contributed by atoms with E-state index in [4.69, 9.17) is 9.47 Å². The van der Waals surface area contributed by atoms with E-state index in [1.807, 2.05) is 0 Å². The molecule has 1 unspecified atom stereocenters. The van der Waals surface area contributed by atoms with Crippen molar-refractivity contribution >= 4 is 0 Å². The predicted octanol–water partition coefficient (Wildman–Crippen LogP) is 3.70. The van der Waals surface area contributed by atoms with Gasteiger partial charge in [-0.05, 0) is 32.9 Å². The van der Waals surface area contributed by atoms with Crippen molar-refractivity contribution in [2.24, 2.45) is 10.2 Å². The Morgan fingerprint density at radius 1 is 1.09 bits per heavy atom. The van der Waals surface area contributed by atoms with Gasteiger partial charge < -0.3 is 14.6 Å². The highest BCUT2D eigenvalue weighted by Gasteiger charge is 2.56. The molecule has 0 bridgehead atoms. The summed E-state index contributed by atoms with van der Waals surface area (Å²) in [6.45, 7) is 4.11. The number of alkyl halides is 3. The summed E-state index contributed by atoms with van der Waals surface area (Å²) < 4.78 is 50.3. The molecule has 0 aromatic heterocycles. The summed E-state index contributed by atoms with van der Waals surface area (Å²) in [6, 6.07) is 3.69. The minimum atomic E-state index is -4.95. The first-order valence-corrected chi connectivity index (χ1v) is 6.85. The zero-order valence-electron chi connectivity index (χ0n) is 13.7. The van der Waals surface area contributed by atoms with Crippen LogP contribution in [0.3, 0.4) is 0 Å². The number of hydrogen-bond acceptors (Lipinski definition) is 5. The van der Waals surface area contributed by atoms with Crippen LogP contribution in [0.1, 0.15) is 26.3 Å². The lowest BCUT2D eigenvalue weighted by atomic mass is 9.92. The molecule has 1 aromatic rings. The molecule has 0 fully saturated rings. The van der Waals surface area contributed by atoms with Gasteiger partial charge in [0.05, 0.1) is 19.8 Å². The first-order valence-electron chi connectivity index (χ1n) is 6.85. The Morgan fingerprint density at radius 3 is 2.13 bits per heavy atom. The van der Waals surface area contributed by atoms with E-state index in [0.29, 0.717) is 5.75 Å². The molecule has 0 aliphatic rings. The van der Waals surface area contributed by atoms with Gasteiger partial charge in [-0.15, -0.1) is 0 Å². The number of hydrogen-bond donors (Lipinski definition) is 1. The van der Waals surface area contributed by atoms with Crippen molar-refractivity contribution < 1.29 is 27.8 Å². The van der Waals surface area contributed by atoms with E-state index in [9.17, 15) is 18.3 Å². The fourth-order valence-corrected chi connectivity index (χ4v) is 1.82. The molecular weight excluding hydrogens is 313 g/mol. The normalized spacial score (nSPS) is 15.5. The number of ether oxygens (including phenoxy) is 2. The van der Waals surface area contributed by atoms with Crippen LogP contribution in [-0.4, -0.2) is 37.6 Å². The van der Waals surface area contributed by atoms with Crippen molar-refractivity contribution in [2.75, 3.05) is 20.8 Å². The number of aliphatic hydroxyl groups is 1. The van der Waals surface area contributed by atoms with Crippen LogP contribution in [0.4, 0.5) is 13.2 Å². The van der Waals surface area contributed by atoms with Crippen molar-refractivity contribution in [2.45, 2.75) is 38.1 Å². The van der Waals surface area contributed by atoms with Gasteiger partial charge in [0, 0.05) is 11.6 Å². The van der Waals surface area contributed by atoms with Gasteiger partial charge in [-0.2, -0.15) is 23.4 Å². The fourth-order valence-electron chi connectivity index (χ4n) is 1.82. The van der Waals surface area contributed by atoms with Crippen molar-refractivity contribution in [3.05, 3.63) is 23.8 Å². The topological polar surface area (TPSA) is 63.4 Å². The Balaban J connectivity index is 3.34. The lowest BCUT2D eigenvalue weighted by Gasteiger charge is -2.30. The second-order valence-electron chi connectivity index (χ2n) is 5.99. The highest BCUT2D eigenvalue weighted by atomic mass is 19.4. The third-order valence-electron chi connectivity index (χ3n) is 2.99. The monoisotopic (exact) mass is 334 g/mol. The number of methoxy groups -OCH3 is 2. The Labute approximate surface area is 133 Å². The van der Waals surface area contributed by atoms with Gasteiger partial charge in [0.15, 0.2) is 0 Å². The van der Waals surface area contributed by atoms with Crippen molar-refractivity contribution in [1.82, 2.24) is 0 Å². The first kappa shape index (κ1) is 19.2.